The first kappa shape index (κ1) is 21.7. The molecule has 0 radical (unpaired) electrons. The maximum absolute atomic E-state index is 13.5. The van der Waals surface area contributed by atoms with E-state index in [4.69, 9.17) is 14.2 Å². The van der Waals surface area contributed by atoms with Gasteiger partial charge in [0.2, 0.25) is 0 Å². The van der Waals surface area contributed by atoms with Gasteiger partial charge in [-0.05, 0) is 36.4 Å². The van der Waals surface area contributed by atoms with Crippen molar-refractivity contribution in [3.63, 3.8) is 0 Å². The zero-order chi connectivity index (χ0) is 23.5. The summed E-state index contributed by atoms with van der Waals surface area (Å²) >= 11 is 0. The zero-order valence-corrected chi connectivity index (χ0v) is 18.2. The number of nitrogens with zero attached hydrogens (tertiary/aromatic N) is 3. The predicted molar refractivity (Wildman–Crippen MR) is 123 cm³/mol. The van der Waals surface area contributed by atoms with Gasteiger partial charge in [-0.2, -0.15) is 0 Å². The molecule has 0 aliphatic carbocycles. The highest BCUT2D eigenvalue weighted by Crippen LogP contribution is 2.17. The van der Waals surface area contributed by atoms with Crippen LogP contribution >= 0.6 is 0 Å². The first-order valence-electron chi connectivity index (χ1n) is 9.93. The van der Waals surface area contributed by atoms with Crippen molar-refractivity contribution < 1.29 is 14.2 Å². The summed E-state index contributed by atoms with van der Waals surface area (Å²) in [6.07, 6.45) is 0. The Bertz CT molecular complexity index is 1290. The van der Waals surface area contributed by atoms with Crippen LogP contribution in [0.2, 0.25) is 0 Å². The van der Waals surface area contributed by atoms with Crippen molar-refractivity contribution in [3.05, 3.63) is 104 Å². The molecule has 3 aromatic carbocycles. The fraction of sp³-hybridized carbons (Fsp3) is 0.125. The smallest absolute Gasteiger partial charge is 0.345 e. The molecule has 0 unspecified atom stereocenters. The second-order valence-electron chi connectivity index (χ2n) is 6.96. The Labute approximate surface area is 188 Å². The lowest BCUT2D eigenvalue weighted by Gasteiger charge is -2.15. The highest BCUT2D eigenvalue weighted by atomic mass is 16.5. The SMILES string of the molecule is COc1cccc(-n2c(=O)n(-c3cccc(OC)c3)c(=O)n(-c3cccc(OC)c3)c2=O)c1. The molecule has 168 valence electrons. The van der Waals surface area contributed by atoms with Gasteiger partial charge in [0.25, 0.3) is 0 Å². The number of aromatic nitrogens is 3. The standard InChI is InChI=1S/C24H21N3O6/c1-31-19-10-4-7-16(13-19)25-22(28)26(17-8-5-11-20(14-17)32-2)24(30)27(23(25)29)18-9-6-12-21(15-18)33-3/h4-15H,1-3H3. The second-order valence-corrected chi connectivity index (χ2v) is 6.96. The Hall–Kier alpha value is -4.53. The second kappa shape index (κ2) is 8.91. The van der Waals surface area contributed by atoms with Crippen molar-refractivity contribution in [1.29, 1.82) is 0 Å². The third kappa shape index (κ3) is 3.91. The van der Waals surface area contributed by atoms with E-state index in [1.807, 2.05) is 0 Å². The summed E-state index contributed by atoms with van der Waals surface area (Å²) < 4.78 is 18.5. The molecule has 1 aromatic heterocycles. The molecule has 33 heavy (non-hydrogen) atoms. The first-order chi connectivity index (χ1) is 16.0. The maximum atomic E-state index is 13.5. The Balaban J connectivity index is 2.14. The molecular weight excluding hydrogens is 426 g/mol. The van der Waals surface area contributed by atoms with Crippen LogP contribution in [0.25, 0.3) is 17.1 Å². The van der Waals surface area contributed by atoms with E-state index in [1.54, 1.807) is 72.8 Å². The van der Waals surface area contributed by atoms with Gasteiger partial charge >= 0.3 is 17.1 Å². The van der Waals surface area contributed by atoms with Crippen LogP contribution in [-0.2, 0) is 0 Å². The predicted octanol–water partition coefficient (Wildman–Crippen LogP) is 2.17. The largest absolute Gasteiger partial charge is 0.497 e. The monoisotopic (exact) mass is 447 g/mol. The lowest BCUT2D eigenvalue weighted by Crippen LogP contribution is -2.52. The fourth-order valence-corrected chi connectivity index (χ4v) is 3.46. The van der Waals surface area contributed by atoms with Crippen molar-refractivity contribution in [2.75, 3.05) is 21.3 Å². The topological polar surface area (TPSA) is 93.7 Å². The van der Waals surface area contributed by atoms with E-state index in [0.29, 0.717) is 17.2 Å². The molecule has 0 amide bonds. The van der Waals surface area contributed by atoms with Gasteiger partial charge in [-0.15, -0.1) is 0 Å². The van der Waals surface area contributed by atoms with Crippen molar-refractivity contribution in [3.8, 4) is 34.3 Å². The minimum Gasteiger partial charge on any atom is -0.497 e. The third-order valence-electron chi connectivity index (χ3n) is 5.08. The molecule has 1 heterocycles. The molecule has 9 heteroatoms. The van der Waals surface area contributed by atoms with Crippen LogP contribution in [0.1, 0.15) is 0 Å². The van der Waals surface area contributed by atoms with Crippen molar-refractivity contribution in [2.24, 2.45) is 0 Å². The Morgan fingerprint density at radius 2 is 0.758 bits per heavy atom. The summed E-state index contributed by atoms with van der Waals surface area (Å²) in [6.45, 7) is 0. The number of benzene rings is 3. The van der Waals surface area contributed by atoms with E-state index >= 15 is 0 Å². The fourth-order valence-electron chi connectivity index (χ4n) is 3.46. The molecule has 0 spiro atoms. The molecule has 0 aliphatic heterocycles. The van der Waals surface area contributed by atoms with Crippen molar-refractivity contribution in [1.82, 2.24) is 13.7 Å². The van der Waals surface area contributed by atoms with Crippen LogP contribution in [0.15, 0.2) is 87.2 Å². The molecule has 4 rings (SSSR count). The van der Waals surface area contributed by atoms with Crippen LogP contribution < -0.4 is 31.3 Å². The van der Waals surface area contributed by atoms with E-state index < -0.39 is 17.1 Å². The van der Waals surface area contributed by atoms with Gasteiger partial charge in [0, 0.05) is 18.2 Å². The number of methoxy groups -OCH3 is 3. The van der Waals surface area contributed by atoms with Crippen LogP contribution in [0, 0.1) is 0 Å². The molecule has 0 atom stereocenters. The molecule has 0 fully saturated rings. The summed E-state index contributed by atoms with van der Waals surface area (Å²) in [7, 11) is 4.44. The molecule has 4 aromatic rings. The van der Waals surface area contributed by atoms with E-state index in [2.05, 4.69) is 0 Å². The van der Waals surface area contributed by atoms with Crippen LogP contribution in [-0.4, -0.2) is 35.0 Å². The Morgan fingerprint density at radius 1 is 0.485 bits per heavy atom. The minimum atomic E-state index is -0.828. The Morgan fingerprint density at radius 3 is 1.00 bits per heavy atom. The lowest BCUT2D eigenvalue weighted by atomic mass is 10.2. The molecule has 0 N–H and O–H groups in total. The van der Waals surface area contributed by atoms with E-state index in [9.17, 15) is 14.4 Å². The van der Waals surface area contributed by atoms with Gasteiger partial charge in [0.05, 0.1) is 38.4 Å². The number of rotatable bonds is 6. The van der Waals surface area contributed by atoms with Gasteiger partial charge in [-0.1, -0.05) is 18.2 Å². The van der Waals surface area contributed by atoms with Crippen LogP contribution in [0.4, 0.5) is 0 Å². The van der Waals surface area contributed by atoms with Gasteiger partial charge in [-0.25, -0.2) is 28.1 Å². The summed E-state index contributed by atoms with van der Waals surface area (Å²) in [6, 6.07) is 19.4. The highest BCUT2D eigenvalue weighted by Gasteiger charge is 2.20. The molecule has 0 bridgehead atoms. The van der Waals surface area contributed by atoms with Crippen molar-refractivity contribution >= 4 is 0 Å². The van der Waals surface area contributed by atoms with Gasteiger partial charge in [-0.3, -0.25) is 0 Å². The summed E-state index contributed by atoms with van der Waals surface area (Å²) in [5.41, 5.74) is -1.74. The van der Waals surface area contributed by atoms with E-state index in [1.165, 1.54) is 21.3 Å². The Kier molecular flexibility index (Phi) is 5.86. The number of hydrogen-bond acceptors (Lipinski definition) is 6. The maximum Gasteiger partial charge on any atom is 0.345 e. The van der Waals surface area contributed by atoms with Gasteiger partial charge < -0.3 is 14.2 Å². The average Bonchev–Trinajstić information content (AvgIpc) is 2.84. The average molecular weight is 447 g/mol. The van der Waals surface area contributed by atoms with Crippen molar-refractivity contribution in [2.45, 2.75) is 0 Å². The lowest BCUT2D eigenvalue weighted by molar-refractivity contribution is 0.414. The van der Waals surface area contributed by atoms with Gasteiger partial charge in [0.15, 0.2) is 0 Å². The summed E-state index contributed by atoms with van der Waals surface area (Å²) in [4.78, 5) is 40.6. The quantitative estimate of drug-likeness (QED) is 0.450. The third-order valence-corrected chi connectivity index (χ3v) is 5.08. The molecule has 0 saturated carbocycles. The molecule has 0 aliphatic rings. The van der Waals surface area contributed by atoms with E-state index in [0.717, 1.165) is 13.7 Å². The number of hydrogen-bond donors (Lipinski definition) is 0. The highest BCUT2D eigenvalue weighted by molar-refractivity contribution is 5.44. The normalized spacial score (nSPS) is 10.6. The zero-order valence-electron chi connectivity index (χ0n) is 18.2. The molecule has 9 nitrogen and oxygen atoms in total. The number of ether oxygens (including phenoxy) is 3. The van der Waals surface area contributed by atoms with E-state index in [-0.39, 0.29) is 17.1 Å². The first-order valence-corrected chi connectivity index (χ1v) is 9.93. The summed E-state index contributed by atoms with van der Waals surface area (Å²) in [5, 5.41) is 0. The van der Waals surface area contributed by atoms with Gasteiger partial charge in [0.1, 0.15) is 17.2 Å². The minimum absolute atomic E-state index is 0.248. The molecular formula is C24H21N3O6. The summed E-state index contributed by atoms with van der Waals surface area (Å²) in [5.74, 6) is 1.35. The van der Waals surface area contributed by atoms with Crippen LogP contribution in [0.3, 0.4) is 0 Å². The molecule has 0 saturated heterocycles. The van der Waals surface area contributed by atoms with Crippen LogP contribution in [0.5, 0.6) is 17.2 Å².